The highest BCUT2D eigenvalue weighted by Crippen LogP contribution is 2.30. The van der Waals surface area contributed by atoms with Gasteiger partial charge in [-0.15, -0.1) is 0 Å². The smallest absolute Gasteiger partial charge is 0.160 e. The highest BCUT2D eigenvalue weighted by molar-refractivity contribution is 6.31. The zero-order valence-corrected chi connectivity index (χ0v) is 13.0. The van der Waals surface area contributed by atoms with Crippen molar-refractivity contribution >= 4 is 23.2 Å². The van der Waals surface area contributed by atoms with Gasteiger partial charge in [-0.05, 0) is 48.4 Å². The van der Waals surface area contributed by atoms with E-state index in [0.29, 0.717) is 10.6 Å². The molecule has 0 saturated carbocycles. The quantitative estimate of drug-likeness (QED) is 0.728. The Morgan fingerprint density at radius 3 is 2.29 bits per heavy atom. The van der Waals surface area contributed by atoms with Crippen molar-refractivity contribution in [3.05, 3.63) is 69.2 Å². The lowest BCUT2D eigenvalue weighted by atomic mass is 9.98. The summed E-state index contributed by atoms with van der Waals surface area (Å²) >= 11 is 12.0. The molecular formula is C16H15Cl2F2N. The molecule has 0 aliphatic rings. The highest BCUT2D eigenvalue weighted by Gasteiger charge is 2.19. The molecule has 0 spiro atoms. The molecule has 0 saturated heterocycles. The fraction of sp³-hybridized carbons (Fsp3) is 0.250. The van der Waals surface area contributed by atoms with Crippen LogP contribution in [0.25, 0.3) is 0 Å². The average Bonchev–Trinajstić information content (AvgIpc) is 2.46. The minimum Gasteiger partial charge on any atom is -0.306 e. The van der Waals surface area contributed by atoms with Crippen molar-refractivity contribution in [3.63, 3.8) is 0 Å². The summed E-state index contributed by atoms with van der Waals surface area (Å²) in [6.07, 6.45) is 0.908. The highest BCUT2D eigenvalue weighted by atomic mass is 35.5. The molecule has 112 valence electrons. The molecule has 0 radical (unpaired) electrons. The molecule has 0 aliphatic carbocycles. The van der Waals surface area contributed by atoms with Crippen molar-refractivity contribution in [3.8, 4) is 0 Å². The van der Waals surface area contributed by atoms with Crippen molar-refractivity contribution in [2.45, 2.75) is 19.4 Å². The Balaban J connectivity index is 2.45. The van der Waals surface area contributed by atoms with Gasteiger partial charge in [0.15, 0.2) is 11.6 Å². The van der Waals surface area contributed by atoms with Crippen LogP contribution in [-0.2, 0) is 0 Å². The standard InChI is InChI=1S/C16H15Cl2F2N/c1-2-7-21-16(10-3-5-11(17)6-4-10)12-8-14(19)15(20)9-13(12)18/h3-6,8-9,16,21H,2,7H2,1H3. The Bertz CT molecular complexity index is 614. The maximum Gasteiger partial charge on any atom is 0.160 e. The Morgan fingerprint density at radius 1 is 1.05 bits per heavy atom. The second kappa shape index (κ2) is 7.21. The Labute approximate surface area is 132 Å². The second-order valence-corrected chi connectivity index (χ2v) is 5.57. The fourth-order valence-electron chi connectivity index (χ4n) is 2.11. The van der Waals surface area contributed by atoms with Gasteiger partial charge in [0.25, 0.3) is 0 Å². The summed E-state index contributed by atoms with van der Waals surface area (Å²) in [5.41, 5.74) is 1.40. The molecule has 0 aliphatic heterocycles. The van der Waals surface area contributed by atoms with E-state index in [9.17, 15) is 8.78 Å². The van der Waals surface area contributed by atoms with Crippen LogP contribution in [0.3, 0.4) is 0 Å². The van der Waals surface area contributed by atoms with Crippen molar-refractivity contribution in [1.29, 1.82) is 0 Å². The van der Waals surface area contributed by atoms with Crippen molar-refractivity contribution in [2.24, 2.45) is 0 Å². The average molecular weight is 330 g/mol. The van der Waals surface area contributed by atoms with Gasteiger partial charge in [0.2, 0.25) is 0 Å². The number of rotatable bonds is 5. The first-order valence-corrected chi connectivity index (χ1v) is 7.41. The van der Waals surface area contributed by atoms with Gasteiger partial charge in [-0.3, -0.25) is 0 Å². The topological polar surface area (TPSA) is 12.0 Å². The van der Waals surface area contributed by atoms with E-state index in [1.54, 1.807) is 12.1 Å². The summed E-state index contributed by atoms with van der Waals surface area (Å²) in [5, 5.41) is 4.10. The van der Waals surface area contributed by atoms with Crippen LogP contribution in [0.5, 0.6) is 0 Å². The summed E-state index contributed by atoms with van der Waals surface area (Å²) in [4.78, 5) is 0. The van der Waals surface area contributed by atoms with Gasteiger partial charge >= 0.3 is 0 Å². The second-order valence-electron chi connectivity index (χ2n) is 4.73. The Hall–Kier alpha value is -1.16. The first kappa shape index (κ1) is 16.2. The van der Waals surface area contributed by atoms with Gasteiger partial charge < -0.3 is 5.32 Å². The van der Waals surface area contributed by atoms with Crippen molar-refractivity contribution in [1.82, 2.24) is 5.32 Å². The van der Waals surface area contributed by atoms with Crippen LogP contribution in [0.2, 0.25) is 10.0 Å². The molecular weight excluding hydrogens is 315 g/mol. The van der Waals surface area contributed by atoms with Crippen molar-refractivity contribution in [2.75, 3.05) is 6.54 Å². The lowest BCUT2D eigenvalue weighted by Crippen LogP contribution is -2.23. The molecule has 0 aromatic heterocycles. The normalized spacial score (nSPS) is 12.4. The molecule has 2 rings (SSSR count). The van der Waals surface area contributed by atoms with E-state index in [-0.39, 0.29) is 11.1 Å². The summed E-state index contributed by atoms with van der Waals surface area (Å²) in [6.45, 7) is 2.75. The molecule has 1 N–H and O–H groups in total. The first-order chi connectivity index (χ1) is 10.0. The molecule has 2 aromatic carbocycles. The van der Waals surface area contributed by atoms with Crippen LogP contribution in [0, 0.1) is 11.6 Å². The maximum atomic E-state index is 13.5. The number of nitrogens with one attached hydrogen (secondary N) is 1. The molecule has 2 aromatic rings. The third kappa shape index (κ3) is 3.94. The summed E-state index contributed by atoms with van der Waals surface area (Å²) in [7, 11) is 0. The van der Waals surface area contributed by atoms with Crippen LogP contribution < -0.4 is 5.32 Å². The van der Waals surface area contributed by atoms with E-state index in [1.165, 1.54) is 0 Å². The fourth-order valence-corrected chi connectivity index (χ4v) is 2.50. The predicted molar refractivity (Wildman–Crippen MR) is 83.0 cm³/mol. The monoisotopic (exact) mass is 329 g/mol. The minimum absolute atomic E-state index is 0.192. The van der Waals surface area contributed by atoms with Gasteiger partial charge in [0.1, 0.15) is 0 Å². The number of halogens is 4. The Morgan fingerprint density at radius 2 is 1.67 bits per heavy atom. The third-order valence-corrected chi connectivity index (χ3v) is 3.73. The molecule has 0 amide bonds. The molecule has 1 nitrogen and oxygen atoms in total. The van der Waals surface area contributed by atoms with Gasteiger partial charge in [-0.2, -0.15) is 0 Å². The lowest BCUT2D eigenvalue weighted by Gasteiger charge is -2.21. The molecule has 21 heavy (non-hydrogen) atoms. The third-order valence-electron chi connectivity index (χ3n) is 3.15. The zero-order valence-electron chi connectivity index (χ0n) is 11.5. The Kier molecular flexibility index (Phi) is 5.57. The minimum atomic E-state index is -0.950. The number of hydrogen-bond acceptors (Lipinski definition) is 1. The maximum absolute atomic E-state index is 13.5. The van der Waals surface area contributed by atoms with Crippen LogP contribution in [0.15, 0.2) is 36.4 Å². The van der Waals surface area contributed by atoms with E-state index in [1.807, 2.05) is 19.1 Å². The van der Waals surface area contributed by atoms with E-state index in [2.05, 4.69) is 5.32 Å². The van der Waals surface area contributed by atoms with Gasteiger partial charge in [0, 0.05) is 10.0 Å². The molecule has 5 heteroatoms. The summed E-state index contributed by atoms with van der Waals surface area (Å²) in [6, 6.07) is 9.02. The lowest BCUT2D eigenvalue weighted by molar-refractivity contribution is 0.503. The molecule has 0 fully saturated rings. The van der Waals surface area contributed by atoms with Gasteiger partial charge in [-0.1, -0.05) is 42.3 Å². The summed E-state index contributed by atoms with van der Waals surface area (Å²) in [5.74, 6) is -1.86. The zero-order chi connectivity index (χ0) is 15.4. The largest absolute Gasteiger partial charge is 0.306 e. The van der Waals surface area contributed by atoms with Crippen molar-refractivity contribution < 1.29 is 8.78 Å². The summed E-state index contributed by atoms with van der Waals surface area (Å²) < 4.78 is 26.8. The molecule has 0 heterocycles. The number of hydrogen-bond donors (Lipinski definition) is 1. The van der Waals surface area contributed by atoms with Crippen LogP contribution >= 0.6 is 23.2 Å². The van der Waals surface area contributed by atoms with E-state index < -0.39 is 11.6 Å². The van der Waals surface area contributed by atoms with Gasteiger partial charge in [-0.25, -0.2) is 8.78 Å². The van der Waals surface area contributed by atoms with Crippen LogP contribution in [0.4, 0.5) is 8.78 Å². The van der Waals surface area contributed by atoms with Gasteiger partial charge in [0.05, 0.1) is 6.04 Å². The molecule has 1 unspecified atom stereocenters. The van der Waals surface area contributed by atoms with Crippen LogP contribution in [-0.4, -0.2) is 6.54 Å². The van der Waals surface area contributed by atoms with E-state index >= 15 is 0 Å². The first-order valence-electron chi connectivity index (χ1n) is 6.66. The SMILES string of the molecule is CCCNC(c1ccc(Cl)cc1)c1cc(F)c(F)cc1Cl. The van der Waals surface area contributed by atoms with E-state index in [4.69, 9.17) is 23.2 Å². The number of benzene rings is 2. The predicted octanol–water partition coefficient (Wildman–Crippen LogP) is 5.36. The van der Waals surface area contributed by atoms with Crippen LogP contribution in [0.1, 0.15) is 30.5 Å². The van der Waals surface area contributed by atoms with E-state index in [0.717, 1.165) is 30.7 Å². The molecule has 1 atom stereocenters. The molecule has 0 bridgehead atoms.